The number of hydrogen-bond acceptors (Lipinski definition) is 4. The summed E-state index contributed by atoms with van der Waals surface area (Å²) in [7, 11) is 3.87. The maximum absolute atomic E-state index is 11.7. The number of nitrogens with zero attached hydrogens (tertiary/aromatic N) is 1. The van der Waals surface area contributed by atoms with E-state index in [-0.39, 0.29) is 28.4 Å². The molecule has 0 aromatic heterocycles. The molecule has 0 fully saturated rings. The van der Waals surface area contributed by atoms with Crippen LogP contribution in [-0.2, 0) is 11.2 Å². The van der Waals surface area contributed by atoms with E-state index in [0.29, 0.717) is 12.0 Å². The van der Waals surface area contributed by atoms with Gasteiger partial charge in [0.25, 0.3) is 11.7 Å². The van der Waals surface area contributed by atoms with Crippen molar-refractivity contribution in [2.75, 3.05) is 26.0 Å². The fraction of sp³-hybridized carbons (Fsp3) is 0.333. The van der Waals surface area contributed by atoms with Crippen LogP contribution in [0.15, 0.2) is 12.1 Å². The lowest BCUT2D eigenvalue weighted by Gasteiger charge is -2.11. The molecular weight excluding hydrogens is 300 g/mol. The molecule has 2 rings (SSSR count). The van der Waals surface area contributed by atoms with Crippen LogP contribution in [0.4, 0.5) is 5.69 Å². The Morgan fingerprint density at radius 2 is 1.94 bits per heavy atom. The number of nitrogens with one attached hydrogen (secondary N) is 1. The largest absolute Gasteiger partial charge is 0.506 e. The van der Waals surface area contributed by atoms with Crippen LogP contribution in [0, 0.1) is 0 Å². The highest BCUT2D eigenvalue weighted by atomic mass is 79.9. The molecule has 98 valence electrons. The molecule has 18 heavy (non-hydrogen) atoms. The first-order chi connectivity index (χ1) is 8.00. The van der Waals surface area contributed by atoms with E-state index in [4.69, 9.17) is 0 Å². The summed E-state index contributed by atoms with van der Waals surface area (Å²) in [6, 6.07) is 3.19. The van der Waals surface area contributed by atoms with Crippen molar-refractivity contribution in [3.05, 3.63) is 23.3 Å². The zero-order valence-corrected chi connectivity index (χ0v) is 11.9. The summed E-state index contributed by atoms with van der Waals surface area (Å²) < 4.78 is 0. The number of benzene rings is 1. The maximum atomic E-state index is 11.7. The van der Waals surface area contributed by atoms with E-state index in [1.165, 1.54) is 6.07 Å². The number of ketones is 1. The summed E-state index contributed by atoms with van der Waals surface area (Å²) in [5, 5.41) is 12.0. The number of rotatable bonds is 3. The molecule has 0 unspecified atom stereocenters. The van der Waals surface area contributed by atoms with Crippen LogP contribution < -0.4 is 5.32 Å². The van der Waals surface area contributed by atoms with Gasteiger partial charge in [0.15, 0.2) is 0 Å². The molecule has 5 nitrogen and oxygen atoms in total. The van der Waals surface area contributed by atoms with Gasteiger partial charge in [0.05, 0.1) is 11.3 Å². The van der Waals surface area contributed by atoms with E-state index in [1.807, 2.05) is 19.0 Å². The summed E-state index contributed by atoms with van der Waals surface area (Å²) in [5.41, 5.74) is 1.35. The second-order valence-electron chi connectivity index (χ2n) is 4.33. The molecule has 6 heteroatoms. The van der Waals surface area contributed by atoms with Gasteiger partial charge >= 0.3 is 0 Å². The minimum atomic E-state index is -0.674. The zero-order valence-electron chi connectivity index (χ0n) is 10.2. The monoisotopic (exact) mass is 314 g/mol. The van der Waals surface area contributed by atoms with Gasteiger partial charge in [0.1, 0.15) is 5.75 Å². The number of fused-ring (bicyclic) bond motifs is 1. The minimum Gasteiger partial charge on any atom is -0.506 e. The van der Waals surface area contributed by atoms with Gasteiger partial charge in [-0.3, -0.25) is 9.59 Å². The van der Waals surface area contributed by atoms with Gasteiger partial charge in [-0.05, 0) is 32.1 Å². The summed E-state index contributed by atoms with van der Waals surface area (Å²) in [6.45, 7) is 0.776. The normalized spacial score (nSPS) is 13.3. The molecule has 1 amide bonds. The first kappa shape index (κ1) is 14.7. The summed E-state index contributed by atoms with van der Waals surface area (Å²) in [4.78, 5) is 25.0. The van der Waals surface area contributed by atoms with Crippen molar-refractivity contribution in [2.45, 2.75) is 6.42 Å². The molecule has 0 aliphatic carbocycles. The van der Waals surface area contributed by atoms with Gasteiger partial charge in [-0.2, -0.15) is 0 Å². The molecule has 1 aliphatic heterocycles. The van der Waals surface area contributed by atoms with Crippen molar-refractivity contribution in [1.82, 2.24) is 4.90 Å². The van der Waals surface area contributed by atoms with Crippen molar-refractivity contribution in [3.8, 4) is 5.75 Å². The molecule has 1 aromatic rings. The Bertz CT molecular complexity index is 500. The molecule has 1 heterocycles. The van der Waals surface area contributed by atoms with Crippen LogP contribution in [0.25, 0.3) is 0 Å². The van der Waals surface area contributed by atoms with Gasteiger partial charge in [-0.25, -0.2) is 0 Å². The number of phenolic OH excluding ortho intramolecular Hbond substituents is 1. The lowest BCUT2D eigenvalue weighted by Crippen LogP contribution is -2.17. The summed E-state index contributed by atoms with van der Waals surface area (Å²) in [5.74, 6) is -1.30. The lowest BCUT2D eigenvalue weighted by molar-refractivity contribution is -0.112. The van der Waals surface area contributed by atoms with Crippen LogP contribution >= 0.6 is 17.0 Å². The molecule has 0 saturated heterocycles. The molecule has 0 spiro atoms. The number of carbonyl (C=O) groups excluding carboxylic acids is 2. The zero-order chi connectivity index (χ0) is 12.6. The second-order valence-corrected chi connectivity index (χ2v) is 4.33. The highest BCUT2D eigenvalue weighted by Crippen LogP contribution is 2.34. The van der Waals surface area contributed by atoms with Crippen LogP contribution in [0.1, 0.15) is 15.9 Å². The molecule has 1 aliphatic rings. The number of phenols is 1. The van der Waals surface area contributed by atoms with Gasteiger partial charge in [-0.1, -0.05) is 6.07 Å². The topological polar surface area (TPSA) is 69.6 Å². The van der Waals surface area contributed by atoms with Crippen LogP contribution in [0.3, 0.4) is 0 Å². The van der Waals surface area contributed by atoms with E-state index in [9.17, 15) is 14.7 Å². The Hall–Kier alpha value is -1.40. The average molecular weight is 315 g/mol. The van der Waals surface area contributed by atoms with Crippen molar-refractivity contribution in [1.29, 1.82) is 0 Å². The van der Waals surface area contributed by atoms with Gasteiger partial charge in [0.2, 0.25) is 0 Å². The van der Waals surface area contributed by atoms with Crippen LogP contribution in [-0.4, -0.2) is 42.3 Å². The van der Waals surface area contributed by atoms with Gasteiger partial charge in [-0.15, -0.1) is 17.0 Å². The molecule has 0 saturated carbocycles. The second kappa shape index (κ2) is 5.49. The number of amides is 1. The highest BCUT2D eigenvalue weighted by molar-refractivity contribution is 8.93. The Labute approximate surface area is 116 Å². The summed E-state index contributed by atoms with van der Waals surface area (Å²) in [6.07, 6.45) is 0.663. The van der Waals surface area contributed by atoms with E-state index in [2.05, 4.69) is 5.32 Å². The number of anilines is 1. The van der Waals surface area contributed by atoms with Gasteiger partial charge < -0.3 is 15.3 Å². The summed E-state index contributed by atoms with van der Waals surface area (Å²) >= 11 is 0. The molecule has 0 radical (unpaired) electrons. The third kappa shape index (κ3) is 2.54. The molecule has 0 bridgehead atoms. The third-order valence-corrected chi connectivity index (χ3v) is 2.77. The Morgan fingerprint density at radius 1 is 1.28 bits per heavy atom. The van der Waals surface area contributed by atoms with Crippen molar-refractivity contribution >= 4 is 34.4 Å². The lowest BCUT2D eigenvalue weighted by atomic mass is 10.0. The van der Waals surface area contributed by atoms with E-state index in [1.54, 1.807) is 6.07 Å². The van der Waals surface area contributed by atoms with Crippen LogP contribution in [0.5, 0.6) is 5.75 Å². The average Bonchev–Trinajstić information content (AvgIpc) is 2.56. The van der Waals surface area contributed by atoms with Crippen molar-refractivity contribution in [3.63, 3.8) is 0 Å². The predicted molar refractivity (Wildman–Crippen MR) is 73.6 cm³/mol. The molecule has 0 atom stereocenters. The number of aromatic hydroxyl groups is 1. The van der Waals surface area contributed by atoms with E-state index in [0.717, 1.165) is 12.1 Å². The first-order valence-corrected chi connectivity index (χ1v) is 5.36. The highest BCUT2D eigenvalue weighted by Gasteiger charge is 2.32. The third-order valence-electron chi connectivity index (χ3n) is 2.77. The minimum absolute atomic E-state index is 0. The fourth-order valence-corrected chi connectivity index (χ4v) is 1.86. The maximum Gasteiger partial charge on any atom is 0.296 e. The molecular formula is C12H15BrN2O3. The standard InChI is InChI=1S/C12H14N2O3.BrH/c1-14(2)6-5-7-3-4-8(15)10-9(7)11(16)12(17)13-10;/h3-4,15H,5-6H2,1-2H3,(H,13,16,17);1H. The Morgan fingerprint density at radius 3 is 2.56 bits per heavy atom. The predicted octanol–water partition coefficient (Wildman–Crippen LogP) is 1.21. The van der Waals surface area contributed by atoms with Crippen LogP contribution in [0.2, 0.25) is 0 Å². The number of halogens is 1. The molecule has 1 aromatic carbocycles. The Balaban J connectivity index is 0.00000162. The van der Waals surface area contributed by atoms with Crippen molar-refractivity contribution < 1.29 is 14.7 Å². The first-order valence-electron chi connectivity index (χ1n) is 5.36. The number of likely N-dealkylation sites (N-methyl/N-ethyl adjacent to an activating group) is 1. The SMILES string of the molecule is Br.CN(C)CCc1ccc(O)c2c1C(=O)C(=O)N2. The quantitative estimate of drug-likeness (QED) is 0.650. The Kier molecular flexibility index (Phi) is 4.48. The number of carbonyl (C=O) groups is 2. The van der Waals surface area contributed by atoms with Gasteiger partial charge in [0, 0.05) is 6.54 Å². The van der Waals surface area contributed by atoms with E-state index < -0.39 is 11.7 Å². The fourth-order valence-electron chi connectivity index (χ4n) is 1.86. The van der Waals surface area contributed by atoms with E-state index >= 15 is 0 Å². The smallest absolute Gasteiger partial charge is 0.296 e. The number of Topliss-reactive ketones (excluding diaryl/α,β-unsaturated/α-hetero) is 1. The number of hydrogen-bond donors (Lipinski definition) is 2. The molecule has 2 N–H and O–H groups in total. The van der Waals surface area contributed by atoms with Crippen molar-refractivity contribution in [2.24, 2.45) is 0 Å².